The van der Waals surface area contributed by atoms with E-state index in [0.29, 0.717) is 23.1 Å². The maximum atomic E-state index is 12.1. The molecule has 1 heterocycles. The van der Waals surface area contributed by atoms with Crippen molar-refractivity contribution in [3.63, 3.8) is 0 Å². The summed E-state index contributed by atoms with van der Waals surface area (Å²) in [6.07, 6.45) is 0.136. The van der Waals surface area contributed by atoms with Gasteiger partial charge in [-0.1, -0.05) is 29.8 Å². The van der Waals surface area contributed by atoms with Crippen LogP contribution in [0.3, 0.4) is 0 Å². The van der Waals surface area contributed by atoms with E-state index < -0.39 is 0 Å². The Labute approximate surface area is 145 Å². The highest BCUT2D eigenvalue weighted by atomic mass is 35.5. The summed E-state index contributed by atoms with van der Waals surface area (Å²) in [7, 11) is 1.57. The van der Waals surface area contributed by atoms with Crippen LogP contribution in [0.5, 0.6) is 11.5 Å². The summed E-state index contributed by atoms with van der Waals surface area (Å²) < 4.78 is 21.4. The Morgan fingerprint density at radius 2 is 2.08 bits per heavy atom. The smallest absolute Gasteiger partial charge is 0.310 e. The molecule has 6 heteroatoms. The molecule has 3 rings (SSSR count). The number of hydrogen-bond donors (Lipinski definition) is 0. The van der Waals surface area contributed by atoms with Crippen molar-refractivity contribution in [3.8, 4) is 11.5 Å². The average Bonchev–Trinajstić information content (AvgIpc) is 2.60. The zero-order valence-electron chi connectivity index (χ0n) is 13.2. The zero-order chi connectivity index (χ0) is 16.9. The van der Waals surface area contributed by atoms with E-state index in [9.17, 15) is 4.79 Å². The Kier molecular flexibility index (Phi) is 5.23. The summed E-state index contributed by atoms with van der Waals surface area (Å²) in [6.45, 7) is 0.700. The fourth-order valence-corrected chi connectivity index (χ4v) is 2.84. The lowest BCUT2D eigenvalue weighted by Gasteiger charge is -2.21. The van der Waals surface area contributed by atoms with Gasteiger partial charge in [-0.2, -0.15) is 0 Å². The van der Waals surface area contributed by atoms with Crippen molar-refractivity contribution in [2.45, 2.75) is 19.6 Å². The highest BCUT2D eigenvalue weighted by Crippen LogP contribution is 2.32. The Hall–Kier alpha value is -2.24. The Morgan fingerprint density at radius 3 is 2.92 bits per heavy atom. The summed E-state index contributed by atoms with van der Waals surface area (Å²) in [5, 5.41) is 0.554. The van der Waals surface area contributed by atoms with Gasteiger partial charge in [0.05, 0.1) is 20.1 Å². The van der Waals surface area contributed by atoms with E-state index >= 15 is 0 Å². The number of esters is 1. The number of carbonyl (C=O) groups is 1. The molecule has 0 saturated carbocycles. The van der Waals surface area contributed by atoms with Gasteiger partial charge < -0.3 is 18.9 Å². The Morgan fingerprint density at radius 1 is 1.25 bits per heavy atom. The van der Waals surface area contributed by atoms with Gasteiger partial charge in [-0.05, 0) is 18.2 Å². The monoisotopic (exact) mass is 348 g/mol. The lowest BCUT2D eigenvalue weighted by Crippen LogP contribution is -2.15. The van der Waals surface area contributed by atoms with E-state index in [1.165, 1.54) is 0 Å². The largest absolute Gasteiger partial charge is 0.496 e. The quantitative estimate of drug-likeness (QED) is 0.774. The van der Waals surface area contributed by atoms with Gasteiger partial charge in [0.15, 0.2) is 6.79 Å². The fourth-order valence-electron chi connectivity index (χ4n) is 2.58. The number of benzene rings is 2. The van der Waals surface area contributed by atoms with Crippen LogP contribution in [-0.2, 0) is 33.9 Å². The van der Waals surface area contributed by atoms with Crippen LogP contribution in [-0.4, -0.2) is 19.9 Å². The molecule has 0 unspecified atom stereocenters. The lowest BCUT2D eigenvalue weighted by atomic mass is 10.1. The molecule has 24 heavy (non-hydrogen) atoms. The van der Waals surface area contributed by atoms with Gasteiger partial charge in [-0.25, -0.2) is 0 Å². The standard InChI is InChI=1S/C18H17ClO5/c1-21-16-5-3-2-4-12(16)8-17(20)23-10-14-7-15(19)6-13-9-22-11-24-18(13)14/h2-7H,8-11H2,1H3. The Balaban J connectivity index is 1.67. The Bertz CT molecular complexity index is 744. The second kappa shape index (κ2) is 7.55. The van der Waals surface area contributed by atoms with Gasteiger partial charge in [-0.15, -0.1) is 0 Å². The molecule has 0 aromatic heterocycles. The summed E-state index contributed by atoms with van der Waals surface area (Å²) in [5.74, 6) is 0.992. The maximum Gasteiger partial charge on any atom is 0.310 e. The molecule has 2 aromatic carbocycles. The van der Waals surface area contributed by atoms with Crippen molar-refractivity contribution in [1.29, 1.82) is 0 Å². The van der Waals surface area contributed by atoms with E-state index in [4.69, 9.17) is 30.5 Å². The van der Waals surface area contributed by atoms with Gasteiger partial charge in [0.1, 0.15) is 18.1 Å². The first-order valence-corrected chi connectivity index (χ1v) is 7.84. The maximum absolute atomic E-state index is 12.1. The molecule has 126 valence electrons. The van der Waals surface area contributed by atoms with Crippen molar-refractivity contribution in [2.24, 2.45) is 0 Å². The van der Waals surface area contributed by atoms with Crippen molar-refractivity contribution < 1.29 is 23.7 Å². The molecule has 0 saturated heterocycles. The summed E-state index contributed by atoms with van der Waals surface area (Å²) in [5.41, 5.74) is 2.36. The summed E-state index contributed by atoms with van der Waals surface area (Å²) >= 11 is 6.10. The number of carbonyl (C=O) groups excluding carboxylic acids is 1. The molecule has 0 atom stereocenters. The second-order valence-corrected chi connectivity index (χ2v) is 5.75. The number of halogens is 1. The van der Waals surface area contributed by atoms with E-state index in [0.717, 1.165) is 16.7 Å². The molecule has 0 bridgehead atoms. The van der Waals surface area contributed by atoms with E-state index in [-0.39, 0.29) is 25.8 Å². The van der Waals surface area contributed by atoms with Crippen LogP contribution < -0.4 is 9.47 Å². The third kappa shape index (κ3) is 3.80. The zero-order valence-corrected chi connectivity index (χ0v) is 14.0. The molecular weight excluding hydrogens is 332 g/mol. The van der Waals surface area contributed by atoms with Gasteiger partial charge in [0.25, 0.3) is 0 Å². The minimum absolute atomic E-state index is 0.0941. The van der Waals surface area contributed by atoms with Gasteiger partial charge in [0.2, 0.25) is 0 Å². The van der Waals surface area contributed by atoms with Crippen LogP contribution in [0.1, 0.15) is 16.7 Å². The first-order chi connectivity index (χ1) is 11.7. The molecule has 5 nitrogen and oxygen atoms in total. The average molecular weight is 349 g/mol. The number of rotatable bonds is 5. The van der Waals surface area contributed by atoms with Gasteiger partial charge in [-0.3, -0.25) is 4.79 Å². The molecule has 0 N–H and O–H groups in total. The number of fused-ring (bicyclic) bond motifs is 1. The highest BCUT2D eigenvalue weighted by molar-refractivity contribution is 6.30. The highest BCUT2D eigenvalue weighted by Gasteiger charge is 2.18. The molecule has 0 spiro atoms. The van der Waals surface area contributed by atoms with Crippen LogP contribution in [0.25, 0.3) is 0 Å². The van der Waals surface area contributed by atoms with Crippen LogP contribution in [0.15, 0.2) is 36.4 Å². The van der Waals surface area contributed by atoms with Crippen molar-refractivity contribution in [2.75, 3.05) is 13.9 Å². The molecule has 1 aliphatic rings. The first-order valence-electron chi connectivity index (χ1n) is 7.46. The molecular formula is C18H17ClO5. The SMILES string of the molecule is COc1ccccc1CC(=O)OCc1cc(Cl)cc2c1OCOC2. The molecule has 0 radical (unpaired) electrons. The molecule has 0 amide bonds. The lowest BCUT2D eigenvalue weighted by molar-refractivity contribution is -0.144. The third-order valence-electron chi connectivity index (χ3n) is 3.67. The summed E-state index contributed by atoms with van der Waals surface area (Å²) in [6, 6.07) is 10.9. The van der Waals surface area contributed by atoms with Gasteiger partial charge >= 0.3 is 5.97 Å². The third-order valence-corrected chi connectivity index (χ3v) is 3.89. The van der Waals surface area contributed by atoms with Crippen LogP contribution in [0.2, 0.25) is 5.02 Å². The fraction of sp³-hybridized carbons (Fsp3) is 0.278. The topological polar surface area (TPSA) is 54.0 Å². The van der Waals surface area contributed by atoms with E-state index in [1.807, 2.05) is 24.3 Å². The normalized spacial score (nSPS) is 12.9. The number of ether oxygens (including phenoxy) is 4. The molecule has 0 aliphatic carbocycles. The minimum Gasteiger partial charge on any atom is -0.496 e. The van der Waals surface area contributed by atoms with Crippen molar-refractivity contribution in [1.82, 2.24) is 0 Å². The van der Waals surface area contributed by atoms with Crippen LogP contribution in [0.4, 0.5) is 0 Å². The molecule has 2 aromatic rings. The van der Waals surface area contributed by atoms with Crippen molar-refractivity contribution >= 4 is 17.6 Å². The van der Waals surface area contributed by atoms with Crippen molar-refractivity contribution in [3.05, 3.63) is 58.1 Å². The van der Waals surface area contributed by atoms with Gasteiger partial charge in [0, 0.05) is 21.7 Å². The summed E-state index contributed by atoms with van der Waals surface area (Å²) in [4.78, 5) is 12.1. The molecule has 1 aliphatic heterocycles. The molecule has 0 fully saturated rings. The second-order valence-electron chi connectivity index (χ2n) is 5.31. The van der Waals surface area contributed by atoms with E-state index in [1.54, 1.807) is 19.2 Å². The number of hydrogen-bond acceptors (Lipinski definition) is 5. The van der Waals surface area contributed by atoms with E-state index in [2.05, 4.69) is 0 Å². The number of para-hydroxylation sites is 1. The predicted octanol–water partition coefficient (Wildman–Crippen LogP) is 3.50. The number of methoxy groups -OCH3 is 1. The van der Waals surface area contributed by atoms with Crippen LogP contribution in [0, 0.1) is 0 Å². The first kappa shape index (κ1) is 16.6. The minimum atomic E-state index is -0.347. The predicted molar refractivity (Wildman–Crippen MR) is 88.2 cm³/mol. The van der Waals surface area contributed by atoms with Crippen LogP contribution >= 0.6 is 11.6 Å².